The lowest BCUT2D eigenvalue weighted by molar-refractivity contribution is -0.127. The number of Topliss-reactive ketones (excluding diaryl/α,β-unsaturated/α-hetero) is 2. The SMILES string of the molecule is CCc1cc(NC(=O)C(N=Nc2cccc(C(=O)Nc3ccc(CCCl)cc3)c2Cl)C(C)=O)c(CC)cc1NC(=O)C(N=Nc1cccc(C(=O)Nc2ccc(CCCl)cc2)c1Cl)C(C)=O. The summed E-state index contributed by atoms with van der Waals surface area (Å²) in [6, 6.07) is 23.7. The summed E-state index contributed by atoms with van der Waals surface area (Å²) in [5, 5.41) is 27.3. The van der Waals surface area contributed by atoms with E-state index >= 15 is 0 Å². The van der Waals surface area contributed by atoms with E-state index in [2.05, 4.69) is 41.7 Å². The Morgan fingerprint density at radius 1 is 0.530 bits per heavy atom. The van der Waals surface area contributed by atoms with Gasteiger partial charge in [-0.15, -0.1) is 23.2 Å². The van der Waals surface area contributed by atoms with Crippen molar-refractivity contribution in [1.82, 2.24) is 0 Å². The van der Waals surface area contributed by atoms with Gasteiger partial charge in [-0.25, -0.2) is 0 Å². The van der Waals surface area contributed by atoms with Crippen molar-refractivity contribution in [2.24, 2.45) is 20.5 Å². The van der Waals surface area contributed by atoms with Crippen LogP contribution in [0.2, 0.25) is 10.0 Å². The van der Waals surface area contributed by atoms with Gasteiger partial charge in [0.15, 0.2) is 11.6 Å². The first kappa shape index (κ1) is 50.7. The number of rotatable bonds is 20. The minimum atomic E-state index is -1.58. The van der Waals surface area contributed by atoms with Gasteiger partial charge in [0.25, 0.3) is 23.6 Å². The van der Waals surface area contributed by atoms with Gasteiger partial charge in [0.05, 0.1) is 21.2 Å². The number of carbonyl (C=O) groups excluding carboxylic acids is 6. The molecule has 0 aromatic heterocycles. The average Bonchev–Trinajstić information content (AvgIpc) is 3.29. The van der Waals surface area contributed by atoms with Crippen LogP contribution in [0.3, 0.4) is 0 Å². The molecule has 0 spiro atoms. The molecular formula is C48H46Cl4N8O6. The monoisotopic (exact) mass is 970 g/mol. The Morgan fingerprint density at radius 3 is 1.21 bits per heavy atom. The Hall–Kier alpha value is -6.32. The van der Waals surface area contributed by atoms with Crippen LogP contribution in [0.1, 0.15) is 70.7 Å². The largest absolute Gasteiger partial charge is 0.323 e. The Labute approximate surface area is 402 Å². The van der Waals surface area contributed by atoms with Crippen molar-refractivity contribution >= 4 is 116 Å². The highest BCUT2D eigenvalue weighted by molar-refractivity contribution is 6.37. The van der Waals surface area contributed by atoms with Gasteiger partial charge in [-0.1, -0.05) is 73.4 Å². The summed E-state index contributed by atoms with van der Waals surface area (Å²) in [7, 11) is 0. The molecule has 5 aromatic rings. The number of ketones is 2. The van der Waals surface area contributed by atoms with Crippen molar-refractivity contribution in [3.05, 3.63) is 140 Å². The second kappa shape index (κ2) is 24.3. The van der Waals surface area contributed by atoms with Crippen LogP contribution in [0.15, 0.2) is 118 Å². The van der Waals surface area contributed by atoms with E-state index in [1.54, 1.807) is 48.5 Å². The zero-order valence-electron chi connectivity index (χ0n) is 36.4. The molecule has 5 rings (SSSR count). The van der Waals surface area contributed by atoms with Gasteiger partial charge in [-0.3, -0.25) is 28.8 Å². The number of azo groups is 2. The third kappa shape index (κ3) is 13.4. The van der Waals surface area contributed by atoms with Crippen molar-refractivity contribution in [1.29, 1.82) is 0 Å². The molecular weight excluding hydrogens is 926 g/mol. The molecule has 0 aliphatic rings. The highest BCUT2D eigenvalue weighted by Crippen LogP contribution is 2.32. The van der Waals surface area contributed by atoms with Crippen molar-refractivity contribution in [3.63, 3.8) is 0 Å². The van der Waals surface area contributed by atoms with Crippen molar-refractivity contribution in [2.75, 3.05) is 33.0 Å². The molecule has 0 bridgehead atoms. The fourth-order valence-electron chi connectivity index (χ4n) is 6.46. The molecule has 4 amide bonds. The van der Waals surface area contributed by atoms with E-state index in [9.17, 15) is 28.8 Å². The van der Waals surface area contributed by atoms with Crippen LogP contribution < -0.4 is 21.3 Å². The van der Waals surface area contributed by atoms with Gasteiger partial charge in [-0.2, -0.15) is 20.5 Å². The van der Waals surface area contributed by atoms with Crippen LogP contribution in [0, 0.1) is 0 Å². The first-order chi connectivity index (χ1) is 31.7. The molecule has 0 radical (unpaired) electrons. The Bertz CT molecular complexity index is 2490. The predicted molar refractivity (Wildman–Crippen MR) is 261 cm³/mol. The number of nitrogens with zero attached hydrogens (tertiary/aromatic N) is 4. The number of aryl methyl sites for hydroxylation is 4. The summed E-state index contributed by atoms with van der Waals surface area (Å²) in [6.07, 6.45) is 2.14. The molecule has 0 saturated carbocycles. The van der Waals surface area contributed by atoms with E-state index in [-0.39, 0.29) is 32.5 Å². The van der Waals surface area contributed by atoms with Crippen LogP contribution >= 0.6 is 46.4 Å². The lowest BCUT2D eigenvalue weighted by Crippen LogP contribution is -2.33. The lowest BCUT2D eigenvalue weighted by atomic mass is 10.0. The molecule has 0 saturated heterocycles. The van der Waals surface area contributed by atoms with E-state index in [0.717, 1.165) is 11.1 Å². The van der Waals surface area contributed by atoms with Crippen LogP contribution in [0.25, 0.3) is 0 Å². The Kier molecular flexibility index (Phi) is 18.6. The molecule has 0 aliphatic carbocycles. The smallest absolute Gasteiger partial charge is 0.258 e. The standard InChI is InChI=1S/C48H46Cl4N8O6/c1-5-31-25-40(56-48(66)44(28(4)62)60-58-38-12-8-10-36(42(38)52)46(64)54-34-19-15-30(16-20-34)22-24-50)32(6-2)26-39(31)55-47(65)43(27(3)61)59-57-37-11-7-9-35(41(37)51)45(63)53-33-17-13-29(14-18-33)21-23-49/h7-20,25-26,43-44H,5-6,21-24H2,1-4H3,(H,53,63)(H,54,64)(H,55,65)(H,56,66). The zero-order valence-corrected chi connectivity index (χ0v) is 39.4. The molecule has 4 N–H and O–H groups in total. The maximum absolute atomic E-state index is 13.6. The minimum Gasteiger partial charge on any atom is -0.323 e. The van der Waals surface area contributed by atoms with Crippen LogP contribution in [0.4, 0.5) is 34.1 Å². The third-order valence-corrected chi connectivity index (χ3v) is 11.2. The summed E-state index contributed by atoms with van der Waals surface area (Å²) in [6.45, 7) is 6.05. The topological polar surface area (TPSA) is 200 Å². The van der Waals surface area contributed by atoms with Gasteiger partial charge in [0.1, 0.15) is 11.4 Å². The van der Waals surface area contributed by atoms with Crippen LogP contribution in [-0.2, 0) is 44.9 Å². The first-order valence-electron chi connectivity index (χ1n) is 20.8. The van der Waals surface area contributed by atoms with Gasteiger partial charge >= 0.3 is 0 Å². The van der Waals surface area contributed by atoms with E-state index in [0.29, 0.717) is 71.3 Å². The molecule has 342 valence electrons. The van der Waals surface area contributed by atoms with Crippen molar-refractivity contribution in [2.45, 2.75) is 65.5 Å². The number of nitrogens with one attached hydrogen (secondary N) is 4. The number of alkyl halides is 2. The maximum atomic E-state index is 13.6. The molecule has 2 unspecified atom stereocenters. The summed E-state index contributed by atoms with van der Waals surface area (Å²) >= 11 is 24.8. The van der Waals surface area contributed by atoms with Gasteiger partial charge in [-0.05, 0) is 122 Å². The second-order valence-corrected chi connectivity index (χ2v) is 16.3. The average molecular weight is 973 g/mol. The van der Waals surface area contributed by atoms with E-state index in [1.165, 1.54) is 38.1 Å². The van der Waals surface area contributed by atoms with Gasteiger partial charge in [0, 0.05) is 34.5 Å². The van der Waals surface area contributed by atoms with Crippen molar-refractivity contribution in [3.8, 4) is 0 Å². The molecule has 0 fully saturated rings. The molecule has 66 heavy (non-hydrogen) atoms. The second-order valence-electron chi connectivity index (χ2n) is 14.8. The number of hydrogen-bond donors (Lipinski definition) is 4. The van der Waals surface area contributed by atoms with Crippen LogP contribution in [0.5, 0.6) is 0 Å². The fraction of sp³-hybridized carbons (Fsp3) is 0.250. The number of benzene rings is 5. The fourth-order valence-corrected chi connectivity index (χ4v) is 7.39. The van der Waals surface area contributed by atoms with Crippen LogP contribution in [-0.4, -0.2) is 59.0 Å². The van der Waals surface area contributed by atoms with Gasteiger partial charge < -0.3 is 21.3 Å². The van der Waals surface area contributed by atoms with E-state index in [4.69, 9.17) is 46.4 Å². The number of amides is 4. The maximum Gasteiger partial charge on any atom is 0.258 e. The third-order valence-electron chi connectivity index (χ3n) is 10.1. The quantitative estimate of drug-likeness (QED) is 0.0340. The molecule has 2 atom stereocenters. The summed E-state index contributed by atoms with van der Waals surface area (Å²) in [5.41, 5.74) is 5.32. The number of halogens is 4. The predicted octanol–water partition coefficient (Wildman–Crippen LogP) is 11.5. The highest BCUT2D eigenvalue weighted by atomic mass is 35.5. The number of hydrogen-bond acceptors (Lipinski definition) is 10. The summed E-state index contributed by atoms with van der Waals surface area (Å²) in [4.78, 5) is 79.0. The molecule has 18 heteroatoms. The zero-order chi connectivity index (χ0) is 47.9. The molecule has 14 nitrogen and oxygen atoms in total. The molecule has 5 aromatic carbocycles. The van der Waals surface area contributed by atoms with E-state index in [1.807, 2.05) is 38.1 Å². The summed E-state index contributed by atoms with van der Waals surface area (Å²) < 4.78 is 0. The normalized spacial score (nSPS) is 12.1. The number of anilines is 4. The molecule has 0 heterocycles. The Balaban J connectivity index is 1.29. The first-order valence-corrected chi connectivity index (χ1v) is 22.6. The van der Waals surface area contributed by atoms with Gasteiger partial charge in [0.2, 0.25) is 12.1 Å². The lowest BCUT2D eigenvalue weighted by Gasteiger charge is -2.18. The van der Waals surface area contributed by atoms with Crippen molar-refractivity contribution < 1.29 is 28.8 Å². The van der Waals surface area contributed by atoms with E-state index < -0.39 is 47.3 Å². The Morgan fingerprint density at radius 2 is 0.894 bits per heavy atom. The number of carbonyl (C=O) groups is 6. The summed E-state index contributed by atoms with van der Waals surface area (Å²) in [5.74, 6) is -2.84. The minimum absolute atomic E-state index is 0.0357. The highest BCUT2D eigenvalue weighted by Gasteiger charge is 2.27. The molecule has 0 aliphatic heterocycles.